The summed E-state index contributed by atoms with van der Waals surface area (Å²) in [7, 11) is 0. The van der Waals surface area contributed by atoms with E-state index in [1.54, 1.807) is 17.9 Å². The summed E-state index contributed by atoms with van der Waals surface area (Å²) in [5.74, 6) is 0.140. The zero-order valence-electron chi connectivity index (χ0n) is 19.1. The first kappa shape index (κ1) is 24.6. The third-order valence-corrected chi connectivity index (χ3v) is 7.53. The van der Waals surface area contributed by atoms with Crippen LogP contribution in [0.15, 0.2) is 65.1 Å². The summed E-state index contributed by atoms with van der Waals surface area (Å²) in [6.45, 7) is 1.79. The third kappa shape index (κ3) is 5.73. The molecule has 1 N–H and O–H groups in total. The van der Waals surface area contributed by atoms with E-state index in [4.69, 9.17) is 16.3 Å². The van der Waals surface area contributed by atoms with Crippen molar-refractivity contribution >= 4 is 50.1 Å². The van der Waals surface area contributed by atoms with Gasteiger partial charge < -0.3 is 15.0 Å². The van der Waals surface area contributed by atoms with Crippen LogP contribution in [0, 0.1) is 0 Å². The average Bonchev–Trinajstić information content (AvgIpc) is 3.36. The smallest absolute Gasteiger partial charge is 0.261 e. The van der Waals surface area contributed by atoms with Crippen molar-refractivity contribution in [2.24, 2.45) is 0 Å². The second kappa shape index (κ2) is 11.2. The van der Waals surface area contributed by atoms with Crippen LogP contribution in [0.3, 0.4) is 0 Å². The van der Waals surface area contributed by atoms with E-state index in [9.17, 15) is 9.59 Å². The maximum absolute atomic E-state index is 13.4. The quantitative estimate of drug-likeness (QED) is 0.373. The number of rotatable bonds is 8. The first-order valence-corrected chi connectivity index (χ1v) is 12.7. The van der Waals surface area contributed by atoms with E-state index in [1.165, 1.54) is 0 Å². The van der Waals surface area contributed by atoms with Crippen LogP contribution < -0.4 is 10.1 Å². The van der Waals surface area contributed by atoms with Gasteiger partial charge in [0.25, 0.3) is 5.91 Å². The van der Waals surface area contributed by atoms with Gasteiger partial charge in [0.15, 0.2) is 6.61 Å². The number of fused-ring (bicyclic) bond motifs is 1. The zero-order chi connectivity index (χ0) is 24.1. The molecule has 0 aromatic heterocycles. The molecule has 3 aromatic rings. The predicted octanol–water partition coefficient (Wildman–Crippen LogP) is 6.11. The lowest BCUT2D eigenvalue weighted by atomic mass is 10.1. The van der Waals surface area contributed by atoms with Gasteiger partial charge in [0.05, 0.1) is 4.47 Å². The zero-order valence-corrected chi connectivity index (χ0v) is 21.4. The minimum absolute atomic E-state index is 0.154. The molecule has 1 fully saturated rings. The number of ether oxygens (including phenoxy) is 1. The van der Waals surface area contributed by atoms with Crippen molar-refractivity contribution in [1.82, 2.24) is 10.2 Å². The Kier molecular flexibility index (Phi) is 8.11. The molecule has 0 radical (unpaired) electrons. The maximum Gasteiger partial charge on any atom is 0.261 e. The number of carbonyl (C=O) groups is 2. The molecule has 34 heavy (non-hydrogen) atoms. The van der Waals surface area contributed by atoms with Crippen molar-refractivity contribution in [3.63, 3.8) is 0 Å². The van der Waals surface area contributed by atoms with Crippen LogP contribution in [-0.2, 0) is 16.1 Å². The Labute approximate surface area is 213 Å². The summed E-state index contributed by atoms with van der Waals surface area (Å²) >= 11 is 9.97. The van der Waals surface area contributed by atoms with Crippen LogP contribution in [0.4, 0.5) is 0 Å². The molecule has 2 amide bonds. The molecule has 1 aliphatic carbocycles. The highest BCUT2D eigenvalue weighted by Crippen LogP contribution is 2.33. The number of nitrogens with one attached hydrogen (secondary N) is 1. The van der Waals surface area contributed by atoms with Gasteiger partial charge >= 0.3 is 0 Å². The number of hydrogen-bond acceptors (Lipinski definition) is 3. The maximum atomic E-state index is 13.4. The Morgan fingerprint density at radius 1 is 1.09 bits per heavy atom. The van der Waals surface area contributed by atoms with Gasteiger partial charge in [0.2, 0.25) is 5.91 Å². The number of hydrogen-bond donors (Lipinski definition) is 1. The van der Waals surface area contributed by atoms with Gasteiger partial charge in [-0.1, -0.05) is 73.0 Å². The summed E-state index contributed by atoms with van der Waals surface area (Å²) in [6.07, 6.45) is 4.21. The summed E-state index contributed by atoms with van der Waals surface area (Å²) in [4.78, 5) is 27.9. The molecule has 0 saturated heterocycles. The Morgan fingerprint density at radius 2 is 1.79 bits per heavy atom. The van der Waals surface area contributed by atoms with Crippen molar-refractivity contribution in [2.45, 2.75) is 51.2 Å². The van der Waals surface area contributed by atoms with Gasteiger partial charge in [-0.25, -0.2) is 0 Å². The number of nitrogens with zero attached hydrogens (tertiary/aromatic N) is 1. The third-order valence-electron chi connectivity index (χ3n) is 6.35. The second-order valence-electron chi connectivity index (χ2n) is 8.67. The molecule has 1 saturated carbocycles. The highest BCUT2D eigenvalue weighted by atomic mass is 79.9. The van der Waals surface area contributed by atoms with Crippen LogP contribution in [0.5, 0.6) is 5.75 Å². The molecular weight excluding hydrogens is 516 g/mol. The molecule has 4 rings (SSSR count). The Hall–Kier alpha value is -2.57. The minimum Gasteiger partial charge on any atom is -0.483 e. The lowest BCUT2D eigenvalue weighted by molar-refractivity contribution is -0.142. The summed E-state index contributed by atoms with van der Waals surface area (Å²) in [5, 5.41) is 5.74. The van der Waals surface area contributed by atoms with E-state index in [2.05, 4.69) is 21.2 Å². The molecule has 0 bridgehead atoms. The van der Waals surface area contributed by atoms with Gasteiger partial charge in [-0.05, 0) is 64.2 Å². The first-order valence-electron chi connectivity index (χ1n) is 11.6. The molecule has 7 heteroatoms. The molecular formula is C27H28BrClN2O3. The SMILES string of the molecule is C[C@@H](C(=O)NC1CCCC1)N(Cc1ccccc1Cl)C(=O)COc1ccc2ccccc2c1Br. The van der Waals surface area contributed by atoms with E-state index in [1.807, 2.05) is 54.6 Å². The van der Waals surface area contributed by atoms with Gasteiger partial charge in [0.1, 0.15) is 11.8 Å². The van der Waals surface area contributed by atoms with E-state index >= 15 is 0 Å². The highest BCUT2D eigenvalue weighted by Gasteiger charge is 2.29. The fourth-order valence-electron chi connectivity index (χ4n) is 4.33. The average molecular weight is 544 g/mol. The van der Waals surface area contributed by atoms with Gasteiger partial charge in [-0.15, -0.1) is 0 Å². The minimum atomic E-state index is -0.659. The van der Waals surface area contributed by atoms with Crippen molar-refractivity contribution in [1.29, 1.82) is 0 Å². The number of carbonyl (C=O) groups excluding carboxylic acids is 2. The Bertz CT molecular complexity index is 1180. The van der Waals surface area contributed by atoms with Crippen molar-refractivity contribution in [3.05, 3.63) is 75.7 Å². The molecule has 3 aromatic carbocycles. The highest BCUT2D eigenvalue weighted by molar-refractivity contribution is 9.10. The van der Waals surface area contributed by atoms with Gasteiger partial charge in [-0.2, -0.15) is 0 Å². The van der Waals surface area contributed by atoms with Crippen LogP contribution in [-0.4, -0.2) is 35.4 Å². The molecule has 1 aliphatic rings. The van der Waals surface area contributed by atoms with Gasteiger partial charge in [-0.3, -0.25) is 9.59 Å². The largest absolute Gasteiger partial charge is 0.483 e. The van der Waals surface area contributed by atoms with Crippen molar-refractivity contribution in [2.75, 3.05) is 6.61 Å². The topological polar surface area (TPSA) is 58.6 Å². The fraction of sp³-hybridized carbons (Fsp3) is 0.333. The normalized spacial score (nSPS) is 14.7. The standard InChI is InChI=1S/C27H28BrClN2O3/c1-18(27(33)30-21-10-4-5-11-21)31(16-20-9-3-7-13-23(20)29)25(32)17-34-24-15-14-19-8-2-6-12-22(19)26(24)28/h2-3,6-9,12-15,18,21H,4-5,10-11,16-17H2,1H3,(H,30,33)/t18-/m0/s1. The number of benzene rings is 3. The molecule has 0 aliphatic heterocycles. The lowest BCUT2D eigenvalue weighted by Gasteiger charge is -2.30. The summed E-state index contributed by atoms with van der Waals surface area (Å²) in [6, 6.07) is 18.6. The predicted molar refractivity (Wildman–Crippen MR) is 139 cm³/mol. The molecule has 0 unspecified atom stereocenters. The Balaban J connectivity index is 1.51. The van der Waals surface area contributed by atoms with E-state index < -0.39 is 6.04 Å². The van der Waals surface area contributed by atoms with Gasteiger partial charge in [0, 0.05) is 17.6 Å². The summed E-state index contributed by atoms with van der Waals surface area (Å²) in [5.41, 5.74) is 0.782. The van der Waals surface area contributed by atoms with Crippen molar-refractivity contribution < 1.29 is 14.3 Å². The van der Waals surface area contributed by atoms with Crippen LogP contribution in [0.2, 0.25) is 5.02 Å². The number of amides is 2. The molecule has 1 atom stereocenters. The van der Waals surface area contributed by atoms with Crippen LogP contribution in [0.25, 0.3) is 10.8 Å². The van der Waals surface area contributed by atoms with Crippen LogP contribution in [0.1, 0.15) is 38.2 Å². The van der Waals surface area contributed by atoms with E-state index in [-0.39, 0.29) is 31.0 Å². The van der Waals surface area contributed by atoms with E-state index in [0.717, 1.165) is 46.5 Å². The van der Waals surface area contributed by atoms with Crippen molar-refractivity contribution in [3.8, 4) is 5.75 Å². The molecule has 0 spiro atoms. The van der Waals surface area contributed by atoms with E-state index in [0.29, 0.717) is 10.8 Å². The molecule has 178 valence electrons. The first-order chi connectivity index (χ1) is 16.4. The molecule has 5 nitrogen and oxygen atoms in total. The number of halogens is 2. The second-order valence-corrected chi connectivity index (χ2v) is 9.87. The summed E-state index contributed by atoms with van der Waals surface area (Å²) < 4.78 is 6.71. The van der Waals surface area contributed by atoms with Crippen LogP contribution >= 0.6 is 27.5 Å². The monoisotopic (exact) mass is 542 g/mol. The Morgan fingerprint density at radius 3 is 2.56 bits per heavy atom. The lowest BCUT2D eigenvalue weighted by Crippen LogP contribution is -2.50. The fourth-order valence-corrected chi connectivity index (χ4v) is 5.14. The molecule has 0 heterocycles.